The quantitative estimate of drug-likeness (QED) is 0.615. The highest BCUT2D eigenvalue weighted by Crippen LogP contribution is 2.36. The Morgan fingerprint density at radius 1 is 1.07 bits per heavy atom. The predicted octanol–water partition coefficient (Wildman–Crippen LogP) is 3.79. The number of hydrazine groups is 1. The van der Waals surface area contributed by atoms with Crippen molar-refractivity contribution in [3.8, 4) is 0 Å². The Morgan fingerprint density at radius 2 is 1.80 bits per heavy atom. The van der Waals surface area contributed by atoms with E-state index in [0.717, 1.165) is 25.4 Å². The van der Waals surface area contributed by atoms with Gasteiger partial charge in [-0.25, -0.2) is 4.39 Å². The minimum atomic E-state index is -0.270. The van der Waals surface area contributed by atoms with E-state index in [4.69, 9.17) is 5.84 Å². The molecular weight excluding hydrogens is 327 g/mol. The van der Waals surface area contributed by atoms with Gasteiger partial charge < -0.3 is 5.43 Å². The summed E-state index contributed by atoms with van der Waals surface area (Å²) in [6.45, 7) is 0. The first-order valence-corrected chi connectivity index (χ1v) is 5.76. The molecule has 0 heterocycles. The third-order valence-corrected chi connectivity index (χ3v) is 3.43. The number of nitrogen functional groups attached to an aromatic ring is 1. The van der Waals surface area contributed by atoms with Gasteiger partial charge in [-0.15, -0.1) is 0 Å². The average molecular weight is 334 g/mol. The fourth-order valence-electron chi connectivity index (χ4n) is 1.47. The molecule has 0 aliphatic heterocycles. The summed E-state index contributed by atoms with van der Waals surface area (Å²) < 4.78 is 14.7. The second-order valence-electron chi connectivity index (χ2n) is 3.05. The van der Waals surface area contributed by atoms with Crippen LogP contribution >= 0.6 is 31.9 Å². The van der Waals surface area contributed by atoms with Crippen LogP contribution in [0.5, 0.6) is 0 Å². The summed E-state index contributed by atoms with van der Waals surface area (Å²) in [5.74, 6) is 5.15. The first kappa shape index (κ1) is 10.9. The van der Waals surface area contributed by atoms with Crippen molar-refractivity contribution in [1.29, 1.82) is 0 Å². The van der Waals surface area contributed by atoms with E-state index in [1.165, 1.54) is 12.1 Å². The average Bonchev–Trinajstić information content (AvgIpc) is 2.19. The maximum absolute atomic E-state index is 13.1. The first-order chi connectivity index (χ1) is 7.13. The molecule has 0 atom stereocenters. The Morgan fingerprint density at radius 3 is 2.47 bits per heavy atom. The van der Waals surface area contributed by atoms with Crippen LogP contribution in [0.1, 0.15) is 0 Å². The third-order valence-electron chi connectivity index (χ3n) is 2.14. The van der Waals surface area contributed by atoms with Crippen molar-refractivity contribution in [2.24, 2.45) is 5.84 Å². The van der Waals surface area contributed by atoms with Crippen LogP contribution in [0.4, 0.5) is 10.1 Å². The van der Waals surface area contributed by atoms with Gasteiger partial charge in [0.25, 0.3) is 0 Å². The Labute approximate surface area is 103 Å². The van der Waals surface area contributed by atoms with Gasteiger partial charge in [-0.05, 0) is 40.2 Å². The number of fused-ring (bicyclic) bond motifs is 1. The fourth-order valence-corrected chi connectivity index (χ4v) is 2.89. The molecule has 0 saturated carbocycles. The highest BCUT2D eigenvalue weighted by molar-refractivity contribution is 9.11. The minimum Gasteiger partial charge on any atom is -0.322 e. The molecule has 0 aliphatic rings. The molecule has 0 saturated heterocycles. The highest BCUT2D eigenvalue weighted by Gasteiger charge is 2.09. The maximum Gasteiger partial charge on any atom is 0.123 e. The Hall–Kier alpha value is -0.650. The van der Waals surface area contributed by atoms with E-state index >= 15 is 0 Å². The van der Waals surface area contributed by atoms with Crippen LogP contribution in [0, 0.1) is 5.82 Å². The molecule has 2 nitrogen and oxygen atoms in total. The molecule has 0 fully saturated rings. The summed E-state index contributed by atoms with van der Waals surface area (Å²) in [5, 5.41) is 1.64. The summed E-state index contributed by atoms with van der Waals surface area (Å²) >= 11 is 6.76. The summed E-state index contributed by atoms with van der Waals surface area (Å²) in [6.07, 6.45) is 0. The molecule has 0 bridgehead atoms. The number of rotatable bonds is 1. The van der Waals surface area contributed by atoms with Crippen LogP contribution in [-0.4, -0.2) is 0 Å². The van der Waals surface area contributed by atoms with E-state index in [1.54, 1.807) is 6.07 Å². The van der Waals surface area contributed by atoms with Crippen molar-refractivity contribution in [3.63, 3.8) is 0 Å². The number of hydrogen-bond acceptors (Lipinski definition) is 2. The zero-order valence-corrected chi connectivity index (χ0v) is 10.7. The monoisotopic (exact) mass is 332 g/mol. The summed E-state index contributed by atoms with van der Waals surface area (Å²) in [4.78, 5) is 0. The normalized spacial score (nSPS) is 10.7. The Kier molecular flexibility index (Phi) is 2.95. The molecule has 0 aromatic heterocycles. The van der Waals surface area contributed by atoms with Gasteiger partial charge in [0, 0.05) is 19.7 Å². The Balaban J connectivity index is 2.90. The van der Waals surface area contributed by atoms with Crippen LogP contribution in [0.3, 0.4) is 0 Å². The molecule has 2 rings (SSSR count). The lowest BCUT2D eigenvalue weighted by molar-refractivity contribution is 0.629. The lowest BCUT2D eigenvalue weighted by atomic mass is 10.1. The largest absolute Gasteiger partial charge is 0.322 e. The van der Waals surface area contributed by atoms with Crippen molar-refractivity contribution >= 4 is 48.3 Å². The molecule has 0 radical (unpaired) electrons. The molecule has 3 N–H and O–H groups in total. The number of anilines is 1. The van der Waals surface area contributed by atoms with Crippen LogP contribution in [0.25, 0.3) is 10.8 Å². The van der Waals surface area contributed by atoms with E-state index in [9.17, 15) is 4.39 Å². The van der Waals surface area contributed by atoms with Gasteiger partial charge in [0.15, 0.2) is 0 Å². The number of benzene rings is 2. The predicted molar refractivity (Wildman–Crippen MR) is 67.1 cm³/mol. The van der Waals surface area contributed by atoms with Crippen molar-refractivity contribution in [2.75, 3.05) is 5.43 Å². The zero-order valence-electron chi connectivity index (χ0n) is 7.52. The van der Waals surface area contributed by atoms with E-state index in [1.807, 2.05) is 6.07 Å². The standard InChI is InChI=1S/C10H7Br2FN2/c11-8-4-9(12)10(15-14)6-2-1-5(13)3-7(6)8/h1-4,15H,14H2. The van der Waals surface area contributed by atoms with Gasteiger partial charge >= 0.3 is 0 Å². The lowest BCUT2D eigenvalue weighted by Gasteiger charge is -2.10. The van der Waals surface area contributed by atoms with E-state index in [2.05, 4.69) is 37.3 Å². The van der Waals surface area contributed by atoms with Crippen molar-refractivity contribution in [1.82, 2.24) is 0 Å². The molecule has 0 amide bonds. The summed E-state index contributed by atoms with van der Waals surface area (Å²) in [6, 6.07) is 6.39. The zero-order chi connectivity index (χ0) is 11.0. The van der Waals surface area contributed by atoms with Gasteiger partial charge in [0.05, 0.1) is 5.69 Å². The molecular formula is C10H7Br2FN2. The van der Waals surface area contributed by atoms with Gasteiger partial charge in [0.1, 0.15) is 5.82 Å². The van der Waals surface area contributed by atoms with Crippen LogP contribution in [-0.2, 0) is 0 Å². The van der Waals surface area contributed by atoms with Gasteiger partial charge in [-0.1, -0.05) is 15.9 Å². The van der Waals surface area contributed by atoms with Crippen molar-refractivity contribution in [2.45, 2.75) is 0 Å². The van der Waals surface area contributed by atoms with E-state index < -0.39 is 0 Å². The number of hydrogen-bond donors (Lipinski definition) is 2. The molecule has 0 spiro atoms. The minimum absolute atomic E-state index is 0.270. The third kappa shape index (κ3) is 1.87. The summed E-state index contributed by atoms with van der Waals surface area (Å²) in [5.41, 5.74) is 3.34. The van der Waals surface area contributed by atoms with Crippen molar-refractivity contribution in [3.05, 3.63) is 39.0 Å². The number of nitrogens with one attached hydrogen (secondary N) is 1. The topological polar surface area (TPSA) is 38.0 Å². The van der Waals surface area contributed by atoms with Crippen molar-refractivity contribution < 1.29 is 4.39 Å². The molecule has 15 heavy (non-hydrogen) atoms. The van der Waals surface area contributed by atoms with Gasteiger partial charge in [-0.2, -0.15) is 0 Å². The number of nitrogens with two attached hydrogens (primary N) is 1. The second kappa shape index (κ2) is 4.08. The maximum atomic E-state index is 13.1. The summed E-state index contributed by atoms with van der Waals surface area (Å²) in [7, 11) is 0. The molecule has 5 heteroatoms. The Bertz CT molecular complexity index is 528. The number of halogens is 3. The van der Waals surface area contributed by atoms with Crippen LogP contribution < -0.4 is 11.3 Å². The van der Waals surface area contributed by atoms with Crippen LogP contribution in [0.2, 0.25) is 0 Å². The smallest absolute Gasteiger partial charge is 0.123 e. The first-order valence-electron chi connectivity index (χ1n) is 4.17. The lowest BCUT2D eigenvalue weighted by Crippen LogP contribution is -2.08. The van der Waals surface area contributed by atoms with E-state index in [0.29, 0.717) is 0 Å². The molecule has 0 aliphatic carbocycles. The fraction of sp³-hybridized carbons (Fsp3) is 0. The van der Waals surface area contributed by atoms with Gasteiger partial charge in [-0.3, -0.25) is 5.84 Å². The molecule has 78 valence electrons. The SMILES string of the molecule is NNc1c(Br)cc(Br)c2cc(F)ccc12. The second-order valence-corrected chi connectivity index (χ2v) is 4.76. The molecule has 2 aromatic carbocycles. The molecule has 0 unspecified atom stereocenters. The van der Waals surface area contributed by atoms with Crippen LogP contribution in [0.15, 0.2) is 33.2 Å². The van der Waals surface area contributed by atoms with Gasteiger partial charge in [0.2, 0.25) is 0 Å². The highest BCUT2D eigenvalue weighted by atomic mass is 79.9. The van der Waals surface area contributed by atoms with E-state index in [-0.39, 0.29) is 5.82 Å². The molecule has 2 aromatic rings.